The summed E-state index contributed by atoms with van der Waals surface area (Å²) < 4.78 is 37.2. The van der Waals surface area contributed by atoms with Gasteiger partial charge in [0, 0.05) is 12.3 Å². The van der Waals surface area contributed by atoms with E-state index in [0.717, 1.165) is 25.2 Å². The molecule has 0 unspecified atom stereocenters. The van der Waals surface area contributed by atoms with Crippen molar-refractivity contribution in [2.75, 3.05) is 19.1 Å². The van der Waals surface area contributed by atoms with Crippen LogP contribution in [0.3, 0.4) is 0 Å². The van der Waals surface area contributed by atoms with Gasteiger partial charge in [-0.1, -0.05) is 29.3 Å². The van der Waals surface area contributed by atoms with Crippen LogP contribution in [0.5, 0.6) is 0 Å². The van der Waals surface area contributed by atoms with Crippen molar-refractivity contribution in [2.24, 2.45) is 0 Å². The third kappa shape index (κ3) is 3.52. The van der Waals surface area contributed by atoms with Crippen LogP contribution < -0.4 is 4.90 Å². The van der Waals surface area contributed by atoms with E-state index < -0.39 is 33.6 Å². The summed E-state index contributed by atoms with van der Waals surface area (Å²) in [6.07, 6.45) is 5.45. The van der Waals surface area contributed by atoms with Gasteiger partial charge in [0.2, 0.25) is 0 Å². The summed E-state index contributed by atoms with van der Waals surface area (Å²) in [5.74, 6) is -4.08. The van der Waals surface area contributed by atoms with Crippen molar-refractivity contribution in [3.63, 3.8) is 0 Å². The van der Waals surface area contributed by atoms with Gasteiger partial charge in [0.05, 0.1) is 25.5 Å². The lowest BCUT2D eigenvalue weighted by molar-refractivity contribution is -0.139. The van der Waals surface area contributed by atoms with Gasteiger partial charge in [0.1, 0.15) is 21.6 Å². The zero-order chi connectivity index (χ0) is 18.7. The molecule has 132 valence electrons. The Bertz CT molecular complexity index is 834. The fourth-order valence-electron chi connectivity index (χ4n) is 2.09. The van der Waals surface area contributed by atoms with Crippen molar-refractivity contribution in [3.05, 3.63) is 63.4 Å². The van der Waals surface area contributed by atoms with Crippen molar-refractivity contribution in [2.45, 2.75) is 0 Å². The summed E-state index contributed by atoms with van der Waals surface area (Å²) in [5.41, 5.74) is -0.767. The van der Waals surface area contributed by atoms with E-state index in [2.05, 4.69) is 9.47 Å². The standard InChI is InChI=1S/C16H11Cl2F2NO4/c1-24-15(22)8-5-3-4-6-21(14(8)16(23)25-2)10-7-9(19)11(17)13(20)12(10)18/h3-7H,1-2H3. The fourth-order valence-corrected chi connectivity index (χ4v) is 2.52. The number of ether oxygens (including phenoxy) is 2. The maximum Gasteiger partial charge on any atom is 0.355 e. The van der Waals surface area contributed by atoms with Gasteiger partial charge in [-0.2, -0.15) is 0 Å². The number of carbonyl (C=O) groups is 2. The lowest BCUT2D eigenvalue weighted by Gasteiger charge is -2.24. The molecule has 1 aliphatic heterocycles. The molecular weight excluding hydrogens is 379 g/mol. The lowest BCUT2D eigenvalue weighted by atomic mass is 10.1. The molecule has 1 aromatic rings. The molecule has 1 aromatic carbocycles. The molecule has 0 amide bonds. The molecule has 0 saturated carbocycles. The Labute approximate surface area is 151 Å². The molecule has 5 nitrogen and oxygen atoms in total. The number of hydrogen-bond donors (Lipinski definition) is 0. The zero-order valence-electron chi connectivity index (χ0n) is 13.0. The first-order valence-corrected chi connectivity index (χ1v) is 7.47. The van der Waals surface area contributed by atoms with Crippen LogP contribution >= 0.6 is 23.2 Å². The normalized spacial score (nSPS) is 13.8. The number of hydrogen-bond acceptors (Lipinski definition) is 5. The van der Waals surface area contributed by atoms with E-state index in [-0.39, 0.29) is 17.0 Å². The number of halogens is 4. The minimum absolute atomic E-state index is 0.189. The zero-order valence-corrected chi connectivity index (χ0v) is 14.5. The number of rotatable bonds is 3. The van der Waals surface area contributed by atoms with E-state index in [1.54, 1.807) is 0 Å². The second kappa shape index (κ2) is 7.67. The highest BCUT2D eigenvalue weighted by Crippen LogP contribution is 2.38. The van der Waals surface area contributed by atoms with Gasteiger partial charge >= 0.3 is 11.9 Å². The molecule has 0 aromatic heterocycles. The van der Waals surface area contributed by atoms with Crippen LogP contribution in [0.1, 0.15) is 0 Å². The molecule has 0 saturated heterocycles. The Balaban J connectivity index is 2.78. The van der Waals surface area contributed by atoms with Crippen molar-refractivity contribution < 1.29 is 27.8 Å². The van der Waals surface area contributed by atoms with Crippen LogP contribution in [-0.4, -0.2) is 26.2 Å². The molecule has 2 rings (SSSR count). The third-order valence-electron chi connectivity index (χ3n) is 3.23. The van der Waals surface area contributed by atoms with Crippen LogP contribution in [0, 0.1) is 11.6 Å². The summed E-state index contributed by atoms with van der Waals surface area (Å²) >= 11 is 11.4. The lowest BCUT2D eigenvalue weighted by Crippen LogP contribution is -2.27. The van der Waals surface area contributed by atoms with E-state index in [1.807, 2.05) is 0 Å². The van der Waals surface area contributed by atoms with Crippen molar-refractivity contribution in [3.8, 4) is 0 Å². The third-order valence-corrected chi connectivity index (χ3v) is 3.94. The Hall–Kier alpha value is -2.38. The number of benzene rings is 1. The first-order chi connectivity index (χ1) is 11.8. The number of nitrogens with zero attached hydrogens (tertiary/aromatic N) is 1. The van der Waals surface area contributed by atoms with Gasteiger partial charge in [-0.05, 0) is 12.2 Å². The smallest absolute Gasteiger partial charge is 0.355 e. The Morgan fingerprint density at radius 2 is 1.68 bits per heavy atom. The van der Waals surface area contributed by atoms with E-state index in [4.69, 9.17) is 23.2 Å². The quantitative estimate of drug-likeness (QED) is 0.447. The summed E-state index contributed by atoms with van der Waals surface area (Å²) in [6, 6.07) is 0.835. The van der Waals surface area contributed by atoms with Crippen molar-refractivity contribution >= 4 is 40.8 Å². The first-order valence-electron chi connectivity index (χ1n) is 6.71. The molecule has 0 fully saturated rings. The monoisotopic (exact) mass is 389 g/mol. The fraction of sp³-hybridized carbons (Fsp3) is 0.125. The number of anilines is 1. The van der Waals surface area contributed by atoms with Crippen LogP contribution in [-0.2, 0) is 19.1 Å². The highest BCUT2D eigenvalue weighted by atomic mass is 35.5. The van der Waals surface area contributed by atoms with E-state index >= 15 is 0 Å². The summed E-state index contributed by atoms with van der Waals surface area (Å²) in [7, 11) is 2.21. The number of esters is 2. The van der Waals surface area contributed by atoms with E-state index in [0.29, 0.717) is 0 Å². The summed E-state index contributed by atoms with van der Waals surface area (Å²) in [6.45, 7) is 0. The number of carbonyl (C=O) groups excluding carboxylic acids is 2. The van der Waals surface area contributed by atoms with Crippen LogP contribution in [0.15, 0.2) is 41.8 Å². The average Bonchev–Trinajstić information content (AvgIpc) is 2.84. The molecule has 1 heterocycles. The minimum Gasteiger partial charge on any atom is -0.465 e. The molecule has 25 heavy (non-hydrogen) atoms. The maximum absolute atomic E-state index is 14.0. The molecule has 0 radical (unpaired) electrons. The molecule has 9 heteroatoms. The van der Waals surface area contributed by atoms with Crippen LogP contribution in [0.25, 0.3) is 0 Å². The predicted molar refractivity (Wildman–Crippen MR) is 88.2 cm³/mol. The van der Waals surface area contributed by atoms with Gasteiger partial charge < -0.3 is 14.4 Å². The molecule has 0 spiro atoms. The van der Waals surface area contributed by atoms with Gasteiger partial charge in [-0.3, -0.25) is 0 Å². The van der Waals surface area contributed by atoms with E-state index in [1.165, 1.54) is 24.4 Å². The summed E-state index contributed by atoms with van der Waals surface area (Å²) in [5, 5.41) is -1.33. The van der Waals surface area contributed by atoms with Gasteiger partial charge in [0.25, 0.3) is 0 Å². The maximum atomic E-state index is 14.0. The van der Waals surface area contributed by atoms with E-state index in [9.17, 15) is 18.4 Å². The van der Waals surface area contributed by atoms with Gasteiger partial charge in [-0.25, -0.2) is 18.4 Å². The second-order valence-electron chi connectivity index (χ2n) is 4.64. The first kappa shape index (κ1) is 19.0. The molecule has 0 atom stereocenters. The molecular formula is C16H11Cl2F2NO4. The average molecular weight is 390 g/mol. The Kier molecular flexibility index (Phi) is 5.81. The topological polar surface area (TPSA) is 55.8 Å². The van der Waals surface area contributed by atoms with Gasteiger partial charge in [0.15, 0.2) is 5.82 Å². The molecule has 0 aliphatic carbocycles. The predicted octanol–water partition coefficient (Wildman–Crippen LogP) is 3.76. The Morgan fingerprint density at radius 3 is 2.28 bits per heavy atom. The van der Waals surface area contributed by atoms with Crippen molar-refractivity contribution in [1.82, 2.24) is 0 Å². The highest BCUT2D eigenvalue weighted by molar-refractivity contribution is 6.37. The SMILES string of the molecule is COC(=O)C1=C(C(=O)OC)N(c2cc(F)c(Cl)c(F)c2Cl)C=CC=C1. The molecule has 0 N–H and O–H groups in total. The van der Waals surface area contributed by atoms with Crippen LogP contribution in [0.2, 0.25) is 10.0 Å². The number of methoxy groups -OCH3 is 2. The molecule has 0 bridgehead atoms. The second-order valence-corrected chi connectivity index (χ2v) is 5.39. The number of allylic oxidation sites excluding steroid dienone is 2. The molecule has 1 aliphatic rings. The minimum atomic E-state index is -1.20. The van der Waals surface area contributed by atoms with Crippen LogP contribution in [0.4, 0.5) is 14.5 Å². The largest absolute Gasteiger partial charge is 0.465 e. The Morgan fingerprint density at radius 1 is 1.04 bits per heavy atom. The van der Waals surface area contributed by atoms with Crippen molar-refractivity contribution in [1.29, 1.82) is 0 Å². The highest BCUT2D eigenvalue weighted by Gasteiger charge is 2.30. The summed E-state index contributed by atoms with van der Waals surface area (Å²) in [4.78, 5) is 25.2. The van der Waals surface area contributed by atoms with Gasteiger partial charge in [-0.15, -0.1) is 0 Å².